The lowest BCUT2D eigenvalue weighted by molar-refractivity contribution is -0.139. The van der Waals surface area contributed by atoms with E-state index in [-0.39, 0.29) is 11.8 Å². The molecule has 3 rings (SSSR count). The Morgan fingerprint density at radius 1 is 1.32 bits per heavy atom. The molecule has 1 heterocycles. The van der Waals surface area contributed by atoms with Gasteiger partial charge in [-0.15, -0.1) is 0 Å². The molecule has 4 heteroatoms. The first-order valence-electron chi connectivity index (χ1n) is 6.73. The molecule has 0 unspecified atom stereocenters. The van der Waals surface area contributed by atoms with Crippen LogP contribution >= 0.6 is 0 Å². The molecular formula is C15H17NO3. The molecule has 0 atom stereocenters. The van der Waals surface area contributed by atoms with E-state index in [9.17, 15) is 4.79 Å². The van der Waals surface area contributed by atoms with Crippen molar-refractivity contribution >= 4 is 17.1 Å². The lowest BCUT2D eigenvalue weighted by Gasteiger charge is -2.25. The van der Waals surface area contributed by atoms with Gasteiger partial charge >= 0.3 is 5.97 Å². The van der Waals surface area contributed by atoms with Gasteiger partial charge in [0, 0.05) is 6.42 Å². The van der Waals surface area contributed by atoms with Crippen LogP contribution in [-0.2, 0) is 11.2 Å². The minimum absolute atomic E-state index is 0.160. The van der Waals surface area contributed by atoms with Gasteiger partial charge in [0.2, 0.25) is 0 Å². The second kappa shape index (κ2) is 4.68. The molecule has 1 N–H and O–H groups in total. The summed E-state index contributed by atoms with van der Waals surface area (Å²) in [4.78, 5) is 15.5. The number of carboxylic acids is 1. The molecule has 0 spiro atoms. The van der Waals surface area contributed by atoms with Gasteiger partial charge in [-0.05, 0) is 30.4 Å². The van der Waals surface area contributed by atoms with Crippen molar-refractivity contribution in [3.63, 3.8) is 0 Å². The highest BCUT2D eigenvalue weighted by atomic mass is 16.4. The second-order valence-corrected chi connectivity index (χ2v) is 5.53. The van der Waals surface area contributed by atoms with Crippen LogP contribution in [0.15, 0.2) is 28.7 Å². The number of fused-ring (bicyclic) bond motifs is 1. The van der Waals surface area contributed by atoms with E-state index in [1.165, 1.54) is 0 Å². The summed E-state index contributed by atoms with van der Waals surface area (Å²) in [7, 11) is 0. The van der Waals surface area contributed by atoms with E-state index < -0.39 is 5.97 Å². The normalized spacial score (nSPS) is 17.9. The maximum atomic E-state index is 11.1. The average Bonchev–Trinajstić information content (AvgIpc) is 2.94. The lowest BCUT2D eigenvalue weighted by Crippen LogP contribution is -2.23. The Labute approximate surface area is 111 Å². The van der Waals surface area contributed by atoms with Crippen molar-refractivity contribution in [1.82, 2.24) is 4.98 Å². The van der Waals surface area contributed by atoms with Gasteiger partial charge in [0.15, 0.2) is 11.5 Å². The lowest BCUT2D eigenvalue weighted by atomic mass is 9.79. The molecule has 1 saturated carbocycles. The summed E-state index contributed by atoms with van der Waals surface area (Å²) in [6.45, 7) is 0. The summed E-state index contributed by atoms with van der Waals surface area (Å²) < 4.78 is 5.73. The van der Waals surface area contributed by atoms with Crippen molar-refractivity contribution in [2.75, 3.05) is 0 Å². The largest absolute Gasteiger partial charge is 0.481 e. The third-order valence-electron chi connectivity index (χ3n) is 4.05. The number of carboxylic acid groups (broad SMARTS) is 1. The van der Waals surface area contributed by atoms with Crippen LogP contribution in [-0.4, -0.2) is 16.1 Å². The van der Waals surface area contributed by atoms with Crippen molar-refractivity contribution in [1.29, 1.82) is 0 Å². The van der Waals surface area contributed by atoms with E-state index >= 15 is 0 Å². The smallest absolute Gasteiger partial charge is 0.303 e. The summed E-state index contributed by atoms with van der Waals surface area (Å²) in [5.74, 6) is -0.0534. The fraction of sp³-hybridized carbons (Fsp3) is 0.467. The summed E-state index contributed by atoms with van der Waals surface area (Å²) in [5, 5.41) is 9.11. The van der Waals surface area contributed by atoms with Crippen LogP contribution in [0.4, 0.5) is 0 Å². The quantitative estimate of drug-likeness (QED) is 0.913. The number of nitrogens with zero attached hydrogens (tertiary/aromatic N) is 1. The molecule has 0 saturated heterocycles. The SMILES string of the molecule is O=C(O)CC1(Cc2nc3ccccc3o2)CCCC1. The first kappa shape index (κ1) is 12.2. The van der Waals surface area contributed by atoms with Crippen molar-refractivity contribution in [3.05, 3.63) is 30.2 Å². The van der Waals surface area contributed by atoms with E-state index in [2.05, 4.69) is 4.98 Å². The number of rotatable bonds is 4. The van der Waals surface area contributed by atoms with Crippen LogP contribution < -0.4 is 0 Å². The molecule has 0 bridgehead atoms. The molecule has 1 aliphatic carbocycles. The van der Waals surface area contributed by atoms with Crippen LogP contribution in [0.25, 0.3) is 11.1 Å². The van der Waals surface area contributed by atoms with E-state index in [0.717, 1.165) is 36.8 Å². The summed E-state index contributed by atoms with van der Waals surface area (Å²) in [6, 6.07) is 7.66. The fourth-order valence-electron chi connectivity index (χ4n) is 3.18. The van der Waals surface area contributed by atoms with Gasteiger partial charge in [0.1, 0.15) is 5.52 Å². The zero-order valence-corrected chi connectivity index (χ0v) is 10.8. The van der Waals surface area contributed by atoms with Gasteiger partial charge in [-0.25, -0.2) is 4.98 Å². The van der Waals surface area contributed by atoms with Crippen molar-refractivity contribution in [2.45, 2.75) is 38.5 Å². The third kappa shape index (κ3) is 2.48. The zero-order valence-electron chi connectivity index (χ0n) is 10.8. The predicted octanol–water partition coefficient (Wildman–Crippen LogP) is 3.41. The highest BCUT2D eigenvalue weighted by Gasteiger charge is 2.37. The minimum Gasteiger partial charge on any atom is -0.481 e. The molecule has 1 aliphatic rings. The van der Waals surface area contributed by atoms with Gasteiger partial charge in [0.05, 0.1) is 6.42 Å². The Bertz CT molecular complexity index is 563. The van der Waals surface area contributed by atoms with E-state index in [1.54, 1.807) is 0 Å². The topological polar surface area (TPSA) is 63.3 Å². The van der Waals surface area contributed by atoms with Gasteiger partial charge in [-0.3, -0.25) is 4.79 Å². The van der Waals surface area contributed by atoms with Crippen LogP contribution in [0.3, 0.4) is 0 Å². The molecule has 0 amide bonds. The Morgan fingerprint density at radius 2 is 2.05 bits per heavy atom. The first-order valence-corrected chi connectivity index (χ1v) is 6.73. The Kier molecular flexibility index (Phi) is 3.01. The third-order valence-corrected chi connectivity index (χ3v) is 4.05. The molecule has 100 valence electrons. The highest BCUT2D eigenvalue weighted by Crippen LogP contribution is 2.43. The molecular weight excluding hydrogens is 242 g/mol. The molecule has 2 aromatic rings. The van der Waals surface area contributed by atoms with Crippen molar-refractivity contribution in [3.8, 4) is 0 Å². The second-order valence-electron chi connectivity index (χ2n) is 5.53. The first-order chi connectivity index (χ1) is 9.17. The molecule has 0 radical (unpaired) electrons. The number of oxazole rings is 1. The minimum atomic E-state index is -0.724. The van der Waals surface area contributed by atoms with Crippen LogP contribution in [0.2, 0.25) is 0 Å². The molecule has 19 heavy (non-hydrogen) atoms. The van der Waals surface area contributed by atoms with Gasteiger partial charge in [-0.1, -0.05) is 25.0 Å². The summed E-state index contributed by atoms with van der Waals surface area (Å²) in [5.41, 5.74) is 1.47. The Morgan fingerprint density at radius 3 is 2.74 bits per heavy atom. The molecule has 0 aliphatic heterocycles. The molecule has 4 nitrogen and oxygen atoms in total. The maximum absolute atomic E-state index is 11.1. The molecule has 1 aromatic carbocycles. The average molecular weight is 259 g/mol. The standard InChI is InChI=1S/C15H17NO3/c17-14(18)10-15(7-3-4-8-15)9-13-16-11-5-1-2-6-12(11)19-13/h1-2,5-6H,3-4,7-10H2,(H,17,18). The number of hydrogen-bond donors (Lipinski definition) is 1. The van der Waals surface area contributed by atoms with E-state index in [0.29, 0.717) is 12.3 Å². The van der Waals surface area contributed by atoms with Crippen molar-refractivity contribution < 1.29 is 14.3 Å². The zero-order chi connectivity index (χ0) is 13.3. The van der Waals surface area contributed by atoms with Crippen LogP contribution in [0, 0.1) is 5.41 Å². The monoisotopic (exact) mass is 259 g/mol. The number of aromatic nitrogens is 1. The maximum Gasteiger partial charge on any atom is 0.303 e. The number of para-hydroxylation sites is 2. The number of aliphatic carboxylic acids is 1. The molecule has 1 fully saturated rings. The van der Waals surface area contributed by atoms with E-state index in [4.69, 9.17) is 9.52 Å². The summed E-state index contributed by atoms with van der Waals surface area (Å²) >= 11 is 0. The summed E-state index contributed by atoms with van der Waals surface area (Å²) in [6.07, 6.45) is 4.97. The van der Waals surface area contributed by atoms with Gasteiger partial charge in [-0.2, -0.15) is 0 Å². The predicted molar refractivity (Wildman–Crippen MR) is 70.9 cm³/mol. The Balaban J connectivity index is 1.87. The van der Waals surface area contributed by atoms with Crippen LogP contribution in [0.5, 0.6) is 0 Å². The van der Waals surface area contributed by atoms with Gasteiger partial charge < -0.3 is 9.52 Å². The Hall–Kier alpha value is -1.84. The van der Waals surface area contributed by atoms with E-state index in [1.807, 2.05) is 24.3 Å². The molecule has 1 aromatic heterocycles. The number of carbonyl (C=O) groups is 1. The fourth-order valence-corrected chi connectivity index (χ4v) is 3.18. The van der Waals surface area contributed by atoms with Gasteiger partial charge in [0.25, 0.3) is 0 Å². The van der Waals surface area contributed by atoms with Crippen LogP contribution in [0.1, 0.15) is 38.0 Å². The number of hydrogen-bond acceptors (Lipinski definition) is 3. The highest BCUT2D eigenvalue weighted by molar-refractivity contribution is 5.72. The van der Waals surface area contributed by atoms with Crippen molar-refractivity contribution in [2.24, 2.45) is 5.41 Å². The number of benzene rings is 1.